The third kappa shape index (κ3) is 54.8. The Kier molecular flexibility index (Phi) is 55.7. The molecule has 0 aromatic rings. The monoisotopic (exact) mass is 957 g/mol. The van der Waals surface area contributed by atoms with E-state index in [0.717, 1.165) is 64.2 Å². The minimum atomic E-state index is -0.771. The highest BCUT2D eigenvalue weighted by molar-refractivity contribution is 5.71. The van der Waals surface area contributed by atoms with E-state index in [1.165, 1.54) is 231 Å². The molecule has 0 aliphatic rings. The highest BCUT2D eigenvalue weighted by Crippen LogP contribution is 2.17. The zero-order valence-corrected chi connectivity index (χ0v) is 45.9. The molecule has 6 nitrogen and oxygen atoms in total. The zero-order chi connectivity index (χ0) is 49.3. The molecule has 0 spiro atoms. The molecular weight excluding hydrogens is 841 g/mol. The lowest BCUT2D eigenvalue weighted by Crippen LogP contribution is -2.30. The number of esters is 3. The van der Waals surface area contributed by atoms with Gasteiger partial charge in [0.25, 0.3) is 0 Å². The molecule has 0 aromatic carbocycles. The van der Waals surface area contributed by atoms with Crippen molar-refractivity contribution < 1.29 is 28.6 Å². The number of unbranched alkanes of at least 4 members (excludes halogenated alkanes) is 41. The van der Waals surface area contributed by atoms with Crippen molar-refractivity contribution in [2.75, 3.05) is 13.2 Å². The van der Waals surface area contributed by atoms with Crippen molar-refractivity contribution in [3.63, 3.8) is 0 Å². The summed E-state index contributed by atoms with van der Waals surface area (Å²) >= 11 is 0. The summed E-state index contributed by atoms with van der Waals surface area (Å²) < 4.78 is 16.9. The molecule has 1 atom stereocenters. The Hall–Kier alpha value is -2.11. The lowest BCUT2D eigenvalue weighted by Gasteiger charge is -2.18. The number of hydrogen-bond donors (Lipinski definition) is 0. The lowest BCUT2D eigenvalue weighted by molar-refractivity contribution is -0.167. The second-order valence-electron chi connectivity index (χ2n) is 20.6. The van der Waals surface area contributed by atoms with Crippen LogP contribution in [0.4, 0.5) is 0 Å². The molecule has 0 amide bonds. The fourth-order valence-corrected chi connectivity index (χ4v) is 9.08. The summed E-state index contributed by atoms with van der Waals surface area (Å²) in [5.41, 5.74) is 0. The first-order valence-corrected chi connectivity index (χ1v) is 30.3. The Morgan fingerprint density at radius 1 is 0.279 bits per heavy atom. The average molecular weight is 958 g/mol. The van der Waals surface area contributed by atoms with Gasteiger partial charge in [-0.1, -0.05) is 270 Å². The second-order valence-corrected chi connectivity index (χ2v) is 20.6. The molecule has 0 bridgehead atoms. The lowest BCUT2D eigenvalue weighted by atomic mass is 10.0. The third-order valence-electron chi connectivity index (χ3n) is 13.7. The maximum Gasteiger partial charge on any atom is 0.306 e. The number of carbonyl (C=O) groups excluding carboxylic acids is 3. The van der Waals surface area contributed by atoms with Crippen molar-refractivity contribution >= 4 is 17.9 Å². The van der Waals surface area contributed by atoms with Crippen molar-refractivity contribution in [2.24, 2.45) is 0 Å². The Balaban J connectivity index is 4.29. The van der Waals surface area contributed by atoms with E-state index < -0.39 is 6.10 Å². The van der Waals surface area contributed by atoms with Crippen LogP contribution in [0.25, 0.3) is 0 Å². The van der Waals surface area contributed by atoms with Gasteiger partial charge < -0.3 is 14.2 Å². The fraction of sp³-hybridized carbons (Fsp3) is 0.887. The van der Waals surface area contributed by atoms with Crippen molar-refractivity contribution in [2.45, 2.75) is 341 Å². The van der Waals surface area contributed by atoms with Crippen LogP contribution in [0.3, 0.4) is 0 Å². The van der Waals surface area contributed by atoms with Gasteiger partial charge >= 0.3 is 17.9 Å². The van der Waals surface area contributed by atoms with Crippen molar-refractivity contribution in [3.8, 4) is 0 Å². The van der Waals surface area contributed by atoms with Gasteiger partial charge in [-0.3, -0.25) is 14.4 Å². The summed E-state index contributed by atoms with van der Waals surface area (Å²) in [6.07, 6.45) is 67.4. The number of hydrogen-bond acceptors (Lipinski definition) is 6. The Labute approximate surface area is 423 Å². The molecule has 0 N–H and O–H groups in total. The minimum absolute atomic E-state index is 0.0704. The molecule has 0 aliphatic carbocycles. The minimum Gasteiger partial charge on any atom is -0.462 e. The van der Waals surface area contributed by atoms with Gasteiger partial charge in [0.2, 0.25) is 0 Å². The van der Waals surface area contributed by atoms with Crippen molar-refractivity contribution in [1.29, 1.82) is 0 Å². The standard InChI is InChI=1S/C62H116O6/c1-4-7-10-13-16-19-22-25-27-29-30-31-32-33-35-37-40-43-46-49-52-55-61(64)67-58-59(57-66-60(63)54-51-48-45-42-39-36-24-21-18-15-12-9-6-3)68-62(65)56-53-50-47-44-41-38-34-28-26-23-20-17-14-11-8-5-2/h21,24,29-30,59H,4-20,22-23,25-28,31-58H2,1-3H3/b24-21-,30-29-. The first kappa shape index (κ1) is 65.9. The van der Waals surface area contributed by atoms with Gasteiger partial charge in [0.15, 0.2) is 6.10 Å². The van der Waals surface area contributed by atoms with Gasteiger partial charge in [-0.05, 0) is 70.6 Å². The molecular formula is C62H116O6. The molecule has 0 radical (unpaired) electrons. The van der Waals surface area contributed by atoms with Crippen LogP contribution in [0.1, 0.15) is 335 Å². The molecule has 400 valence electrons. The summed E-state index contributed by atoms with van der Waals surface area (Å²) in [6.45, 7) is 6.67. The van der Waals surface area contributed by atoms with Gasteiger partial charge in [-0.2, -0.15) is 0 Å². The van der Waals surface area contributed by atoms with Crippen molar-refractivity contribution in [3.05, 3.63) is 24.3 Å². The molecule has 0 rings (SSSR count). The van der Waals surface area contributed by atoms with E-state index >= 15 is 0 Å². The SMILES string of the molecule is CCCCCC/C=C\CCCCCCCC(=O)OCC(COC(=O)CCCCCCCCCCC/C=C\CCCCCCCCCC)OC(=O)CCCCCCCCCCCCCCCCCC. The molecule has 68 heavy (non-hydrogen) atoms. The summed E-state index contributed by atoms with van der Waals surface area (Å²) in [6, 6.07) is 0. The first-order valence-electron chi connectivity index (χ1n) is 30.3. The molecule has 0 fully saturated rings. The average Bonchev–Trinajstić information content (AvgIpc) is 3.34. The summed E-state index contributed by atoms with van der Waals surface area (Å²) in [7, 11) is 0. The number of rotatable bonds is 56. The van der Waals surface area contributed by atoms with Crippen LogP contribution in [0.2, 0.25) is 0 Å². The molecule has 0 saturated heterocycles. The van der Waals surface area contributed by atoms with E-state index in [4.69, 9.17) is 14.2 Å². The van der Waals surface area contributed by atoms with Crippen LogP contribution < -0.4 is 0 Å². The van der Waals surface area contributed by atoms with Crippen molar-refractivity contribution in [1.82, 2.24) is 0 Å². The maximum atomic E-state index is 12.9. The first-order chi connectivity index (χ1) is 33.5. The van der Waals surface area contributed by atoms with Crippen LogP contribution in [0, 0.1) is 0 Å². The van der Waals surface area contributed by atoms with E-state index in [1.807, 2.05) is 0 Å². The van der Waals surface area contributed by atoms with Gasteiger partial charge in [0.05, 0.1) is 0 Å². The third-order valence-corrected chi connectivity index (χ3v) is 13.7. The number of allylic oxidation sites excluding steroid dienone is 4. The largest absolute Gasteiger partial charge is 0.462 e. The molecule has 6 heteroatoms. The highest BCUT2D eigenvalue weighted by Gasteiger charge is 2.19. The van der Waals surface area contributed by atoms with E-state index in [2.05, 4.69) is 45.1 Å². The van der Waals surface area contributed by atoms with Gasteiger partial charge in [-0.15, -0.1) is 0 Å². The van der Waals surface area contributed by atoms with E-state index in [0.29, 0.717) is 19.3 Å². The predicted octanol–water partition coefficient (Wildman–Crippen LogP) is 20.3. The molecule has 0 aliphatic heterocycles. The van der Waals surface area contributed by atoms with Gasteiger partial charge in [0, 0.05) is 19.3 Å². The summed E-state index contributed by atoms with van der Waals surface area (Å²) in [5, 5.41) is 0. The summed E-state index contributed by atoms with van der Waals surface area (Å²) in [4.78, 5) is 38.2. The molecule has 1 unspecified atom stereocenters. The van der Waals surface area contributed by atoms with Gasteiger partial charge in [-0.25, -0.2) is 0 Å². The normalized spacial score (nSPS) is 12.1. The molecule has 0 saturated carbocycles. The van der Waals surface area contributed by atoms with Gasteiger partial charge in [0.1, 0.15) is 13.2 Å². The Morgan fingerprint density at radius 3 is 0.750 bits per heavy atom. The topological polar surface area (TPSA) is 78.9 Å². The fourth-order valence-electron chi connectivity index (χ4n) is 9.08. The second kappa shape index (κ2) is 57.5. The van der Waals surface area contributed by atoms with E-state index in [9.17, 15) is 14.4 Å². The highest BCUT2D eigenvalue weighted by atomic mass is 16.6. The summed E-state index contributed by atoms with van der Waals surface area (Å²) in [5.74, 6) is -0.859. The van der Waals surface area contributed by atoms with Crippen LogP contribution in [0.15, 0.2) is 24.3 Å². The van der Waals surface area contributed by atoms with Crippen LogP contribution in [0.5, 0.6) is 0 Å². The Morgan fingerprint density at radius 2 is 0.485 bits per heavy atom. The van der Waals surface area contributed by atoms with Crippen LogP contribution >= 0.6 is 0 Å². The van der Waals surface area contributed by atoms with Crippen LogP contribution in [-0.2, 0) is 28.6 Å². The van der Waals surface area contributed by atoms with Crippen LogP contribution in [-0.4, -0.2) is 37.2 Å². The number of carbonyl (C=O) groups is 3. The number of ether oxygens (including phenoxy) is 3. The Bertz CT molecular complexity index is 1100. The zero-order valence-electron chi connectivity index (χ0n) is 45.9. The van der Waals surface area contributed by atoms with E-state index in [1.54, 1.807) is 0 Å². The quantitative estimate of drug-likeness (QED) is 0.0262. The molecule has 0 heterocycles. The predicted molar refractivity (Wildman–Crippen MR) is 293 cm³/mol. The smallest absolute Gasteiger partial charge is 0.306 e. The van der Waals surface area contributed by atoms with E-state index in [-0.39, 0.29) is 31.1 Å². The maximum absolute atomic E-state index is 12.9. The molecule has 0 aromatic heterocycles.